The molecule has 1 amide bonds. The molecule has 0 aliphatic heterocycles. The summed E-state index contributed by atoms with van der Waals surface area (Å²) in [6.45, 7) is 2.62. The Hall–Kier alpha value is -2.93. The molecule has 0 bridgehead atoms. The first kappa shape index (κ1) is 17.9. The number of hydrogen-bond acceptors (Lipinski definition) is 6. The molecule has 0 atom stereocenters. The fraction of sp³-hybridized carbons (Fsp3) is 0.211. The molecule has 0 saturated heterocycles. The van der Waals surface area contributed by atoms with Crippen LogP contribution in [0.5, 0.6) is 11.6 Å². The van der Waals surface area contributed by atoms with Crippen molar-refractivity contribution in [1.82, 2.24) is 15.5 Å². The summed E-state index contributed by atoms with van der Waals surface area (Å²) in [6.07, 6.45) is 0. The third-order valence-corrected chi connectivity index (χ3v) is 4.34. The molecule has 3 rings (SSSR count). The lowest BCUT2D eigenvalue weighted by Gasteiger charge is -2.08. The van der Waals surface area contributed by atoms with Crippen LogP contribution in [-0.2, 0) is 4.79 Å². The minimum Gasteiger partial charge on any atom is -0.484 e. The second-order valence-electron chi connectivity index (χ2n) is 5.54. The number of carbonyl (C=O) groups excluding carboxylic acids is 1. The van der Waals surface area contributed by atoms with Crippen LogP contribution in [0.4, 0.5) is 0 Å². The molecule has 26 heavy (non-hydrogen) atoms. The lowest BCUT2D eigenvalue weighted by atomic mass is 10.2. The maximum absolute atomic E-state index is 11.8. The number of hydrogen-bond donors (Lipinski definition) is 1. The molecule has 0 aliphatic rings. The van der Waals surface area contributed by atoms with E-state index in [0.717, 1.165) is 16.1 Å². The van der Waals surface area contributed by atoms with Crippen LogP contribution in [0.1, 0.15) is 5.56 Å². The third kappa shape index (κ3) is 5.29. The largest absolute Gasteiger partial charge is 0.484 e. The molecule has 0 fully saturated rings. The van der Waals surface area contributed by atoms with Crippen molar-refractivity contribution in [3.05, 3.63) is 59.5 Å². The predicted molar refractivity (Wildman–Crippen MR) is 101 cm³/mol. The molecule has 0 spiro atoms. The molecule has 3 aromatic rings. The van der Waals surface area contributed by atoms with E-state index in [1.165, 1.54) is 0 Å². The molecule has 134 valence electrons. The zero-order chi connectivity index (χ0) is 18.2. The maximum Gasteiger partial charge on any atom is 0.258 e. The summed E-state index contributed by atoms with van der Waals surface area (Å²) in [4.78, 5) is 12.8. The number of thiophene rings is 1. The van der Waals surface area contributed by atoms with E-state index in [0.29, 0.717) is 24.8 Å². The van der Waals surface area contributed by atoms with Crippen molar-refractivity contribution in [3.8, 4) is 22.2 Å². The lowest BCUT2D eigenvalue weighted by Crippen LogP contribution is -2.32. The average molecular weight is 369 g/mol. The quantitative estimate of drug-likeness (QED) is 0.618. The standard InChI is InChI=1S/C19H19N3O3S/c1-14-4-2-5-15(12-14)25-13-18(23)20-9-10-24-19-8-7-16(21-22-19)17-6-3-11-26-17/h2-8,11-12H,9-10,13H2,1H3,(H,20,23). The molecule has 2 heterocycles. The second-order valence-corrected chi connectivity index (χ2v) is 6.49. The first-order valence-electron chi connectivity index (χ1n) is 8.17. The highest BCUT2D eigenvalue weighted by molar-refractivity contribution is 7.13. The SMILES string of the molecule is Cc1cccc(OCC(=O)NCCOc2ccc(-c3cccs3)nn2)c1. The van der Waals surface area contributed by atoms with Gasteiger partial charge in [0, 0.05) is 6.07 Å². The average Bonchev–Trinajstić information content (AvgIpc) is 3.19. The fourth-order valence-corrected chi connectivity index (χ4v) is 2.89. The Labute approximate surface area is 155 Å². The topological polar surface area (TPSA) is 73.3 Å². The van der Waals surface area contributed by atoms with E-state index in [4.69, 9.17) is 9.47 Å². The highest BCUT2D eigenvalue weighted by Gasteiger charge is 2.04. The van der Waals surface area contributed by atoms with Crippen molar-refractivity contribution in [2.75, 3.05) is 19.8 Å². The zero-order valence-electron chi connectivity index (χ0n) is 14.3. The van der Waals surface area contributed by atoms with Crippen LogP contribution >= 0.6 is 11.3 Å². The highest BCUT2D eigenvalue weighted by atomic mass is 32.1. The monoisotopic (exact) mass is 369 g/mol. The predicted octanol–water partition coefficient (Wildman–Crippen LogP) is 3.09. The van der Waals surface area contributed by atoms with E-state index in [1.807, 2.05) is 54.8 Å². The van der Waals surface area contributed by atoms with E-state index < -0.39 is 0 Å². The van der Waals surface area contributed by atoms with Gasteiger partial charge in [-0.2, -0.15) is 0 Å². The van der Waals surface area contributed by atoms with E-state index in [1.54, 1.807) is 17.4 Å². The number of aryl methyl sites for hydroxylation is 1. The molecule has 2 aromatic heterocycles. The van der Waals surface area contributed by atoms with Gasteiger partial charge in [-0.15, -0.1) is 21.5 Å². The van der Waals surface area contributed by atoms with Gasteiger partial charge in [0.25, 0.3) is 5.91 Å². The Kier molecular flexibility index (Phi) is 6.16. The number of nitrogens with zero attached hydrogens (tertiary/aromatic N) is 2. The Morgan fingerprint density at radius 2 is 2.04 bits per heavy atom. The number of benzene rings is 1. The number of nitrogens with one attached hydrogen (secondary N) is 1. The molecular weight excluding hydrogens is 350 g/mol. The van der Waals surface area contributed by atoms with Crippen molar-refractivity contribution in [1.29, 1.82) is 0 Å². The Morgan fingerprint density at radius 1 is 1.12 bits per heavy atom. The molecule has 0 aliphatic carbocycles. The minimum absolute atomic E-state index is 0.0290. The summed E-state index contributed by atoms with van der Waals surface area (Å²) < 4.78 is 10.9. The second kappa shape index (κ2) is 8.96. The van der Waals surface area contributed by atoms with E-state index in [-0.39, 0.29) is 12.5 Å². The summed E-state index contributed by atoms with van der Waals surface area (Å²) >= 11 is 1.61. The molecule has 1 aromatic carbocycles. The van der Waals surface area contributed by atoms with Crippen LogP contribution in [0.2, 0.25) is 0 Å². The molecule has 7 heteroatoms. The van der Waals surface area contributed by atoms with Gasteiger partial charge in [-0.1, -0.05) is 18.2 Å². The Bertz CT molecular complexity index is 836. The summed E-state index contributed by atoms with van der Waals surface area (Å²) in [5, 5.41) is 12.9. The van der Waals surface area contributed by atoms with E-state index >= 15 is 0 Å². The number of carbonyl (C=O) groups is 1. The van der Waals surface area contributed by atoms with Gasteiger partial charge < -0.3 is 14.8 Å². The summed E-state index contributed by atoms with van der Waals surface area (Å²) in [6, 6.07) is 15.2. The van der Waals surface area contributed by atoms with Crippen LogP contribution in [0.25, 0.3) is 10.6 Å². The van der Waals surface area contributed by atoms with Gasteiger partial charge in [0.2, 0.25) is 5.88 Å². The zero-order valence-corrected chi connectivity index (χ0v) is 15.2. The number of rotatable bonds is 8. The van der Waals surface area contributed by atoms with Crippen molar-refractivity contribution >= 4 is 17.2 Å². The first-order valence-corrected chi connectivity index (χ1v) is 9.05. The Balaban J connectivity index is 1.35. The lowest BCUT2D eigenvalue weighted by molar-refractivity contribution is -0.123. The van der Waals surface area contributed by atoms with Crippen LogP contribution in [0.15, 0.2) is 53.9 Å². The van der Waals surface area contributed by atoms with Crippen molar-refractivity contribution < 1.29 is 14.3 Å². The normalized spacial score (nSPS) is 10.3. The van der Waals surface area contributed by atoms with Crippen molar-refractivity contribution in [2.24, 2.45) is 0 Å². The fourth-order valence-electron chi connectivity index (χ4n) is 2.20. The first-order chi connectivity index (χ1) is 12.7. The van der Waals surface area contributed by atoms with Gasteiger partial charge in [-0.25, -0.2) is 0 Å². The summed E-state index contributed by atoms with van der Waals surface area (Å²) in [7, 11) is 0. The van der Waals surface area contributed by atoms with Gasteiger partial charge >= 0.3 is 0 Å². The summed E-state index contributed by atoms with van der Waals surface area (Å²) in [5.41, 5.74) is 1.90. The molecule has 0 saturated carbocycles. The van der Waals surface area contributed by atoms with Crippen molar-refractivity contribution in [2.45, 2.75) is 6.92 Å². The van der Waals surface area contributed by atoms with Crippen LogP contribution < -0.4 is 14.8 Å². The Morgan fingerprint density at radius 3 is 2.77 bits per heavy atom. The van der Waals surface area contributed by atoms with Gasteiger partial charge in [-0.05, 0) is 42.1 Å². The van der Waals surface area contributed by atoms with Gasteiger partial charge in [-0.3, -0.25) is 4.79 Å². The smallest absolute Gasteiger partial charge is 0.258 e. The third-order valence-electron chi connectivity index (χ3n) is 3.45. The van der Waals surface area contributed by atoms with E-state index in [2.05, 4.69) is 15.5 Å². The highest BCUT2D eigenvalue weighted by Crippen LogP contribution is 2.22. The molecule has 6 nitrogen and oxygen atoms in total. The summed E-state index contributed by atoms with van der Waals surface area (Å²) in [5.74, 6) is 0.905. The maximum atomic E-state index is 11.8. The minimum atomic E-state index is -0.200. The van der Waals surface area contributed by atoms with Crippen molar-refractivity contribution in [3.63, 3.8) is 0 Å². The van der Waals surface area contributed by atoms with Gasteiger partial charge in [0.15, 0.2) is 6.61 Å². The molecule has 0 unspecified atom stereocenters. The number of amides is 1. The molecule has 0 radical (unpaired) electrons. The number of aromatic nitrogens is 2. The van der Waals surface area contributed by atoms with E-state index in [9.17, 15) is 4.79 Å². The van der Waals surface area contributed by atoms with Crippen LogP contribution in [-0.4, -0.2) is 35.9 Å². The van der Waals surface area contributed by atoms with Crippen LogP contribution in [0, 0.1) is 6.92 Å². The van der Waals surface area contributed by atoms with Gasteiger partial charge in [0.05, 0.1) is 11.4 Å². The molecule has 1 N–H and O–H groups in total. The van der Waals surface area contributed by atoms with Crippen LogP contribution in [0.3, 0.4) is 0 Å². The molecular formula is C19H19N3O3S. The number of ether oxygens (including phenoxy) is 2. The van der Waals surface area contributed by atoms with Gasteiger partial charge in [0.1, 0.15) is 18.1 Å².